The van der Waals surface area contributed by atoms with Gasteiger partial charge in [0.15, 0.2) is 5.78 Å². The van der Waals surface area contributed by atoms with Crippen LogP contribution in [0.25, 0.3) is 0 Å². The normalized spacial score (nSPS) is 42.2. The van der Waals surface area contributed by atoms with Crippen molar-refractivity contribution in [2.75, 3.05) is 7.11 Å². The van der Waals surface area contributed by atoms with Crippen molar-refractivity contribution in [1.82, 2.24) is 0 Å². The predicted octanol–water partition coefficient (Wildman–Crippen LogP) is 3.67. The summed E-state index contributed by atoms with van der Waals surface area (Å²) in [5, 5.41) is 11.1. The lowest BCUT2D eigenvalue weighted by atomic mass is 9.52. The Bertz CT molecular complexity index is 566. The van der Waals surface area contributed by atoms with Crippen LogP contribution < -0.4 is 0 Å². The summed E-state index contributed by atoms with van der Waals surface area (Å²) in [4.78, 5) is 24.0. The first-order chi connectivity index (χ1) is 11.9. The number of ether oxygens (including phenoxy) is 1. The zero-order valence-corrected chi connectivity index (χ0v) is 15.8. The standard InChI is InChI=1S/C21H32O4/c1-13-4-5-14(20(24)25-3)6-9-18(23)19-17(13)8-7-15-12-16(22)10-11-21(15,19)2/h12-14,17-19,23H,4-11H2,1-3H3/t13-,14-,17-,18-,19+,21-/m0/s1. The van der Waals surface area contributed by atoms with Crippen molar-refractivity contribution in [2.24, 2.45) is 29.1 Å². The number of carbonyl (C=O) groups is 2. The van der Waals surface area contributed by atoms with Crippen molar-refractivity contribution in [1.29, 1.82) is 0 Å². The number of hydrogen-bond acceptors (Lipinski definition) is 4. The Hall–Kier alpha value is -1.16. The monoisotopic (exact) mass is 348 g/mol. The lowest BCUT2D eigenvalue weighted by molar-refractivity contribution is -0.146. The molecule has 0 radical (unpaired) electrons. The van der Waals surface area contributed by atoms with E-state index in [4.69, 9.17) is 4.74 Å². The van der Waals surface area contributed by atoms with E-state index in [2.05, 4.69) is 13.8 Å². The fourth-order valence-electron chi connectivity index (χ4n) is 5.81. The van der Waals surface area contributed by atoms with Gasteiger partial charge in [0, 0.05) is 6.42 Å². The summed E-state index contributed by atoms with van der Waals surface area (Å²) >= 11 is 0. The van der Waals surface area contributed by atoms with Crippen molar-refractivity contribution >= 4 is 11.8 Å². The largest absolute Gasteiger partial charge is 0.469 e. The van der Waals surface area contributed by atoms with Gasteiger partial charge in [0.05, 0.1) is 19.1 Å². The fourth-order valence-corrected chi connectivity index (χ4v) is 5.81. The number of aliphatic hydroxyl groups is 1. The van der Waals surface area contributed by atoms with Gasteiger partial charge in [-0.05, 0) is 74.2 Å². The van der Waals surface area contributed by atoms with E-state index < -0.39 is 6.10 Å². The maximum atomic E-state index is 12.0. The Morgan fingerprint density at radius 2 is 1.92 bits per heavy atom. The summed E-state index contributed by atoms with van der Waals surface area (Å²) in [5.41, 5.74) is 1.18. The average Bonchev–Trinajstić information content (AvgIpc) is 2.65. The van der Waals surface area contributed by atoms with E-state index in [-0.39, 0.29) is 29.0 Å². The first kappa shape index (κ1) is 18.6. The van der Waals surface area contributed by atoms with Crippen LogP contribution in [-0.2, 0) is 14.3 Å². The molecule has 25 heavy (non-hydrogen) atoms. The summed E-state index contributed by atoms with van der Waals surface area (Å²) in [7, 11) is 1.45. The third kappa shape index (κ3) is 3.42. The van der Waals surface area contributed by atoms with Gasteiger partial charge in [-0.15, -0.1) is 0 Å². The third-order valence-corrected chi connectivity index (χ3v) is 7.36. The zero-order chi connectivity index (χ0) is 18.2. The molecule has 3 aliphatic rings. The molecule has 0 aromatic heterocycles. The van der Waals surface area contributed by atoms with Gasteiger partial charge in [-0.3, -0.25) is 9.59 Å². The van der Waals surface area contributed by atoms with Gasteiger partial charge in [0.2, 0.25) is 0 Å². The molecule has 2 saturated carbocycles. The SMILES string of the molecule is COC(=O)[C@H]1CC[C@H](C)[C@@H]2CCC3=CC(=O)CC[C@]3(C)[C@H]2[C@@H](O)CC1. The van der Waals surface area contributed by atoms with E-state index in [1.165, 1.54) is 12.7 Å². The molecule has 0 heterocycles. The minimum atomic E-state index is -0.417. The molecule has 0 spiro atoms. The van der Waals surface area contributed by atoms with Crippen LogP contribution in [0.3, 0.4) is 0 Å². The highest BCUT2D eigenvalue weighted by atomic mass is 16.5. The van der Waals surface area contributed by atoms with Gasteiger partial charge in [-0.1, -0.05) is 19.4 Å². The topological polar surface area (TPSA) is 63.6 Å². The van der Waals surface area contributed by atoms with Gasteiger partial charge in [-0.2, -0.15) is 0 Å². The Labute approximate surface area is 151 Å². The highest BCUT2D eigenvalue weighted by Crippen LogP contribution is 2.56. The molecule has 3 rings (SSSR count). The van der Waals surface area contributed by atoms with Crippen molar-refractivity contribution in [3.63, 3.8) is 0 Å². The van der Waals surface area contributed by atoms with Gasteiger partial charge in [0.1, 0.15) is 0 Å². The molecule has 4 heteroatoms. The number of rotatable bonds is 1. The van der Waals surface area contributed by atoms with Crippen molar-refractivity contribution in [3.8, 4) is 0 Å². The minimum absolute atomic E-state index is 0.0738. The first-order valence-corrected chi connectivity index (χ1v) is 9.86. The Kier molecular flexibility index (Phi) is 5.38. The molecule has 0 unspecified atom stereocenters. The molecular formula is C21H32O4. The lowest BCUT2D eigenvalue weighted by Gasteiger charge is -2.53. The highest BCUT2D eigenvalue weighted by Gasteiger charge is 2.51. The zero-order valence-electron chi connectivity index (χ0n) is 15.8. The van der Waals surface area contributed by atoms with E-state index in [1.54, 1.807) is 0 Å². The van der Waals surface area contributed by atoms with Crippen LogP contribution in [-0.4, -0.2) is 30.1 Å². The highest BCUT2D eigenvalue weighted by molar-refractivity contribution is 5.91. The number of esters is 1. The Balaban J connectivity index is 1.90. The van der Waals surface area contributed by atoms with Crippen molar-refractivity contribution in [2.45, 2.75) is 71.3 Å². The van der Waals surface area contributed by atoms with Crippen LogP contribution in [0.5, 0.6) is 0 Å². The van der Waals surface area contributed by atoms with Crippen LogP contribution in [0.4, 0.5) is 0 Å². The lowest BCUT2D eigenvalue weighted by Crippen LogP contribution is -2.48. The maximum absolute atomic E-state index is 12.0. The van der Waals surface area contributed by atoms with E-state index in [0.29, 0.717) is 31.1 Å². The smallest absolute Gasteiger partial charge is 0.308 e. The summed E-state index contributed by atoms with van der Waals surface area (Å²) in [6.07, 6.45) is 8.09. The van der Waals surface area contributed by atoms with E-state index in [0.717, 1.165) is 32.1 Å². The molecule has 0 bridgehead atoms. The quantitative estimate of drug-likeness (QED) is 0.735. The summed E-state index contributed by atoms with van der Waals surface area (Å²) in [6, 6.07) is 0. The molecule has 0 aliphatic heterocycles. The number of fused-ring (bicyclic) bond motifs is 3. The number of allylic oxidation sites excluding steroid dienone is 2. The molecule has 0 amide bonds. The van der Waals surface area contributed by atoms with Crippen LogP contribution >= 0.6 is 0 Å². The Morgan fingerprint density at radius 3 is 2.64 bits per heavy atom. The summed E-state index contributed by atoms with van der Waals surface area (Å²) < 4.78 is 4.97. The molecule has 2 fully saturated rings. The molecule has 4 nitrogen and oxygen atoms in total. The van der Waals surface area contributed by atoms with Crippen LogP contribution in [0.2, 0.25) is 0 Å². The van der Waals surface area contributed by atoms with Gasteiger partial charge < -0.3 is 9.84 Å². The second-order valence-corrected chi connectivity index (χ2v) is 8.70. The van der Waals surface area contributed by atoms with Crippen LogP contribution in [0, 0.1) is 29.1 Å². The minimum Gasteiger partial charge on any atom is -0.469 e. The Morgan fingerprint density at radius 1 is 1.20 bits per heavy atom. The maximum Gasteiger partial charge on any atom is 0.308 e. The van der Waals surface area contributed by atoms with Crippen LogP contribution in [0.15, 0.2) is 11.6 Å². The number of hydrogen-bond donors (Lipinski definition) is 1. The predicted molar refractivity (Wildman–Crippen MR) is 95.8 cm³/mol. The number of methoxy groups -OCH3 is 1. The molecule has 6 atom stereocenters. The summed E-state index contributed by atoms with van der Waals surface area (Å²) in [5.74, 6) is 1.12. The fraction of sp³-hybridized carbons (Fsp3) is 0.810. The number of ketones is 1. The van der Waals surface area contributed by atoms with E-state index in [1.807, 2.05) is 6.08 Å². The first-order valence-electron chi connectivity index (χ1n) is 9.86. The van der Waals surface area contributed by atoms with Crippen molar-refractivity contribution in [3.05, 3.63) is 11.6 Å². The second kappa shape index (κ2) is 7.22. The van der Waals surface area contributed by atoms with E-state index in [9.17, 15) is 14.7 Å². The van der Waals surface area contributed by atoms with Crippen molar-refractivity contribution < 1.29 is 19.4 Å². The molecule has 0 saturated heterocycles. The number of aliphatic hydroxyl groups excluding tert-OH is 1. The summed E-state index contributed by atoms with van der Waals surface area (Å²) in [6.45, 7) is 4.53. The van der Waals surface area contributed by atoms with Gasteiger partial charge in [0.25, 0.3) is 0 Å². The molecule has 0 aromatic carbocycles. The number of carbonyl (C=O) groups excluding carboxylic acids is 2. The van der Waals surface area contributed by atoms with E-state index >= 15 is 0 Å². The molecular weight excluding hydrogens is 316 g/mol. The third-order valence-electron chi connectivity index (χ3n) is 7.36. The van der Waals surface area contributed by atoms with Crippen LogP contribution in [0.1, 0.15) is 65.2 Å². The second-order valence-electron chi connectivity index (χ2n) is 8.70. The molecule has 3 aliphatic carbocycles. The molecule has 1 N–H and O–H groups in total. The van der Waals surface area contributed by atoms with Gasteiger partial charge in [-0.25, -0.2) is 0 Å². The molecule has 0 aromatic rings. The molecule has 140 valence electrons. The average molecular weight is 348 g/mol. The van der Waals surface area contributed by atoms with Gasteiger partial charge >= 0.3 is 5.97 Å².